The third-order valence-corrected chi connectivity index (χ3v) is 14.7. The molecule has 4 saturated carbocycles. The predicted octanol–water partition coefficient (Wildman–Crippen LogP) is 2.67. The lowest BCUT2D eigenvalue weighted by Gasteiger charge is -2.37. The van der Waals surface area contributed by atoms with Crippen LogP contribution in [0.5, 0.6) is 0 Å². The molecule has 0 radical (unpaired) electrons. The summed E-state index contributed by atoms with van der Waals surface area (Å²) in [5.74, 6) is -2.51. The minimum atomic E-state index is -3.86. The summed E-state index contributed by atoms with van der Waals surface area (Å²) in [6, 6.07) is -3.56. The van der Waals surface area contributed by atoms with Crippen molar-refractivity contribution in [3.63, 3.8) is 0 Å². The van der Waals surface area contributed by atoms with Crippen molar-refractivity contribution < 1.29 is 32.4 Å². The minimum Gasteiger partial charge on any atom is -0.347 e. The number of urea groups is 1. The molecule has 6 atom stereocenters. The van der Waals surface area contributed by atoms with E-state index in [4.69, 9.17) is 0 Å². The highest BCUT2D eigenvalue weighted by atomic mass is 32.2. The van der Waals surface area contributed by atoms with E-state index in [-0.39, 0.29) is 28.6 Å². The lowest BCUT2D eigenvalue weighted by atomic mass is 9.73. The van der Waals surface area contributed by atoms with Gasteiger partial charge < -0.3 is 25.8 Å². The van der Waals surface area contributed by atoms with Gasteiger partial charge in [0, 0.05) is 32.0 Å². The van der Waals surface area contributed by atoms with E-state index in [1.807, 2.05) is 41.5 Å². The zero-order valence-corrected chi connectivity index (χ0v) is 32.3. The Morgan fingerprint density at radius 2 is 1.46 bits per heavy atom. The lowest BCUT2D eigenvalue weighted by Crippen LogP contribution is -2.62. The van der Waals surface area contributed by atoms with Gasteiger partial charge in [-0.3, -0.25) is 23.9 Å². The summed E-state index contributed by atoms with van der Waals surface area (Å²) in [4.78, 5) is 72.3. The van der Waals surface area contributed by atoms with Crippen LogP contribution in [0.4, 0.5) is 4.79 Å². The summed E-state index contributed by atoms with van der Waals surface area (Å²) in [5, 5.41) is 7.93. The number of sulfonamides is 1. The zero-order chi connectivity index (χ0) is 37.6. The minimum absolute atomic E-state index is 0.0152. The normalized spacial score (nSPS) is 30.4. The smallest absolute Gasteiger partial charge is 0.316 e. The molecule has 5 fully saturated rings. The maximum Gasteiger partial charge on any atom is 0.316 e. The maximum absolute atomic E-state index is 14.8. The molecule has 2 spiro atoms. The van der Waals surface area contributed by atoms with Crippen molar-refractivity contribution in [2.45, 2.75) is 129 Å². The van der Waals surface area contributed by atoms with Crippen LogP contribution in [0.2, 0.25) is 0 Å². The van der Waals surface area contributed by atoms with Crippen molar-refractivity contribution in [1.29, 1.82) is 0 Å². The highest BCUT2D eigenvalue weighted by molar-refractivity contribution is 7.91. The molecule has 1 saturated heterocycles. The summed E-state index contributed by atoms with van der Waals surface area (Å²) in [7, 11) is -0.633. The van der Waals surface area contributed by atoms with E-state index >= 15 is 0 Å². The molecule has 14 heteroatoms. The van der Waals surface area contributed by atoms with Gasteiger partial charge in [0.15, 0.2) is 0 Å². The Morgan fingerprint density at radius 3 is 1.88 bits per heavy atom. The van der Waals surface area contributed by atoms with Crippen LogP contribution in [-0.4, -0.2) is 97.4 Å². The van der Waals surface area contributed by atoms with Crippen molar-refractivity contribution in [2.24, 2.45) is 33.0 Å². The molecule has 0 aromatic heterocycles. The number of likely N-dealkylation sites (tertiary alicyclic amines) is 1. The fourth-order valence-electron chi connectivity index (χ4n) is 9.11. The van der Waals surface area contributed by atoms with E-state index in [1.165, 1.54) is 4.90 Å². The SMILES string of the molecule is C=C[C@@H]1C[C@]1(NC(=O)[C@@H]1C[C@@]2(CN1C(=O)[C@@H](NC(=O)N[C@H](C(=O)N(C)C)C(C)(C)C)C(C)(C)C)C(C)(C)C21CCC1)C(=O)NS(=O)(=O)C1CC1. The Morgan fingerprint density at radius 1 is 0.900 bits per heavy atom. The number of amides is 6. The van der Waals surface area contributed by atoms with Gasteiger partial charge >= 0.3 is 6.03 Å². The number of likely N-dealkylation sites (N-methyl/N-ethyl adjacent to an activating group) is 1. The van der Waals surface area contributed by atoms with Crippen LogP contribution >= 0.6 is 0 Å². The van der Waals surface area contributed by atoms with E-state index < -0.39 is 79.4 Å². The van der Waals surface area contributed by atoms with Gasteiger partial charge in [-0.25, -0.2) is 13.2 Å². The van der Waals surface area contributed by atoms with E-state index in [0.717, 1.165) is 19.3 Å². The number of nitrogens with zero attached hydrogens (tertiary/aromatic N) is 2. The highest BCUT2D eigenvalue weighted by Gasteiger charge is 2.85. The standard InChI is InChI=1S/C36H58N6O7S/c1-12-21-18-36(21,29(46)40-50(48,49)22-14-15-22)39-26(43)23-19-35(33(8,9)34(35)16-13-17-34)20-42(23)28(45)25(32(5,6)7)38-30(47)37-24(31(2,3)4)27(44)41(10)11/h12,21-25H,1,13-20H2,2-11H3,(H,39,43)(H,40,46)(H2,37,38,47)/t21-,23+,24-,25-,35-,36-/m1/s1. The Hall–Kier alpha value is -3.16. The number of carbonyl (C=O) groups is 5. The summed E-state index contributed by atoms with van der Waals surface area (Å²) < 4.78 is 27.6. The van der Waals surface area contributed by atoms with Gasteiger partial charge in [-0.15, -0.1) is 6.58 Å². The van der Waals surface area contributed by atoms with Crippen molar-refractivity contribution in [3.05, 3.63) is 12.7 Å². The van der Waals surface area contributed by atoms with Crippen molar-refractivity contribution in [1.82, 2.24) is 30.5 Å². The van der Waals surface area contributed by atoms with Crippen LogP contribution in [-0.2, 0) is 29.2 Å². The first-order valence-electron chi connectivity index (χ1n) is 17.9. The molecule has 280 valence electrons. The van der Waals surface area contributed by atoms with Crippen LogP contribution in [0.3, 0.4) is 0 Å². The van der Waals surface area contributed by atoms with Gasteiger partial charge in [-0.05, 0) is 60.2 Å². The largest absolute Gasteiger partial charge is 0.347 e. The van der Waals surface area contributed by atoms with Crippen molar-refractivity contribution in [2.75, 3.05) is 20.6 Å². The van der Waals surface area contributed by atoms with Crippen molar-refractivity contribution >= 4 is 39.7 Å². The first-order chi connectivity index (χ1) is 22.8. The first kappa shape index (κ1) is 38.1. The molecule has 0 aromatic rings. The fraction of sp³-hybridized carbons (Fsp3) is 0.806. The predicted molar refractivity (Wildman–Crippen MR) is 189 cm³/mol. The Bertz CT molecular complexity index is 1590. The average molecular weight is 719 g/mol. The van der Waals surface area contributed by atoms with Gasteiger partial charge in [0.05, 0.1) is 5.25 Å². The summed E-state index contributed by atoms with van der Waals surface area (Å²) in [5.41, 5.74) is -3.38. The lowest BCUT2D eigenvalue weighted by molar-refractivity contribution is -0.142. The third-order valence-electron chi connectivity index (χ3n) is 12.9. The van der Waals surface area contributed by atoms with E-state index in [2.05, 4.69) is 41.1 Å². The van der Waals surface area contributed by atoms with Gasteiger partial charge in [-0.2, -0.15) is 0 Å². The van der Waals surface area contributed by atoms with Gasteiger partial charge in [0.1, 0.15) is 23.7 Å². The van der Waals surface area contributed by atoms with Gasteiger partial charge in [-0.1, -0.05) is 67.9 Å². The Balaban J connectivity index is 1.43. The zero-order valence-electron chi connectivity index (χ0n) is 31.5. The summed E-state index contributed by atoms with van der Waals surface area (Å²) in [6.07, 6.45) is 6.16. The molecule has 0 unspecified atom stereocenters. The molecule has 13 nitrogen and oxygen atoms in total. The number of carbonyl (C=O) groups excluding carboxylic acids is 5. The Kier molecular flexibility index (Phi) is 9.10. The van der Waals surface area contributed by atoms with Crippen LogP contribution < -0.4 is 20.7 Å². The maximum atomic E-state index is 14.8. The number of nitrogens with one attached hydrogen (secondary N) is 4. The molecule has 0 aromatic carbocycles. The van der Waals surface area contributed by atoms with Crippen LogP contribution in [0.1, 0.15) is 100 Å². The molecular formula is C36H58N6O7S. The second-order valence-corrected chi connectivity index (χ2v) is 20.4. The second kappa shape index (κ2) is 11.9. The van der Waals surface area contributed by atoms with Gasteiger partial charge in [0.25, 0.3) is 5.91 Å². The molecule has 1 aliphatic heterocycles. The summed E-state index contributed by atoms with van der Waals surface area (Å²) in [6.45, 7) is 19.5. The van der Waals surface area contributed by atoms with E-state index in [0.29, 0.717) is 25.8 Å². The molecule has 50 heavy (non-hydrogen) atoms. The van der Waals surface area contributed by atoms with Crippen LogP contribution in [0.15, 0.2) is 12.7 Å². The topological polar surface area (TPSA) is 174 Å². The molecule has 4 N–H and O–H groups in total. The van der Waals surface area contributed by atoms with Crippen LogP contribution in [0, 0.1) is 33.0 Å². The molecule has 4 aliphatic carbocycles. The molecule has 5 aliphatic rings. The molecule has 0 bridgehead atoms. The average Bonchev–Trinajstić information content (AvgIpc) is 3.90. The molecular weight excluding hydrogens is 660 g/mol. The summed E-state index contributed by atoms with van der Waals surface area (Å²) >= 11 is 0. The molecule has 6 amide bonds. The number of hydrogen-bond acceptors (Lipinski definition) is 7. The number of hydrogen-bond donors (Lipinski definition) is 4. The molecule has 5 rings (SSSR count). The fourth-order valence-corrected chi connectivity index (χ4v) is 10.5. The highest BCUT2D eigenvalue weighted by Crippen LogP contribution is 2.88. The second-order valence-electron chi connectivity index (χ2n) is 18.5. The van der Waals surface area contributed by atoms with Crippen LogP contribution in [0.25, 0.3) is 0 Å². The number of fused-ring (bicyclic) bond motifs is 1. The van der Waals surface area contributed by atoms with Crippen molar-refractivity contribution in [3.8, 4) is 0 Å². The quantitative estimate of drug-likeness (QED) is 0.251. The first-order valence-corrected chi connectivity index (χ1v) is 19.5. The molecule has 1 heterocycles. The Labute approximate surface area is 297 Å². The van der Waals surface area contributed by atoms with Gasteiger partial charge in [0.2, 0.25) is 27.7 Å². The number of rotatable bonds is 10. The monoisotopic (exact) mass is 718 g/mol. The van der Waals surface area contributed by atoms with E-state index in [1.54, 1.807) is 25.1 Å². The third kappa shape index (κ3) is 6.00. The van der Waals surface area contributed by atoms with E-state index in [9.17, 15) is 32.4 Å².